The molecule has 21 heavy (non-hydrogen) atoms. The lowest BCUT2D eigenvalue weighted by molar-refractivity contribution is -0.132. The van der Waals surface area contributed by atoms with Gasteiger partial charge in [-0.15, -0.1) is 0 Å². The van der Waals surface area contributed by atoms with Crippen molar-refractivity contribution in [3.05, 3.63) is 28.2 Å². The highest BCUT2D eigenvalue weighted by atomic mass is 79.9. The van der Waals surface area contributed by atoms with Crippen LogP contribution in [0.4, 0.5) is 5.69 Å². The third-order valence-electron chi connectivity index (χ3n) is 3.72. The Labute approximate surface area is 133 Å². The molecule has 2 N–H and O–H groups in total. The molecule has 1 aliphatic rings. The average Bonchev–Trinajstić information content (AvgIpc) is 2.42. The normalized spacial score (nSPS) is 20.4. The van der Waals surface area contributed by atoms with E-state index in [0.29, 0.717) is 0 Å². The monoisotopic (exact) mass is 353 g/mol. The molecular weight excluding hydrogens is 334 g/mol. The third-order valence-corrected chi connectivity index (χ3v) is 4.40. The zero-order valence-corrected chi connectivity index (χ0v) is 14.0. The summed E-state index contributed by atoms with van der Waals surface area (Å²) in [6, 6.07) is 5.83. The van der Waals surface area contributed by atoms with E-state index >= 15 is 0 Å². The Balaban J connectivity index is 2.27. The summed E-state index contributed by atoms with van der Waals surface area (Å²) in [5.74, 6) is -0.521. The molecule has 1 aliphatic heterocycles. The van der Waals surface area contributed by atoms with Crippen LogP contribution < -0.4 is 15.5 Å². The topological polar surface area (TPSA) is 61.4 Å². The van der Waals surface area contributed by atoms with Crippen LogP contribution in [0, 0.1) is 0 Å². The van der Waals surface area contributed by atoms with E-state index in [1.165, 1.54) is 0 Å². The number of rotatable bonds is 4. The number of hydrogen-bond donors (Lipinski definition) is 2. The predicted octanol–water partition coefficient (Wildman–Crippen LogP) is 1.97. The molecule has 1 heterocycles. The van der Waals surface area contributed by atoms with E-state index in [1.54, 1.807) is 6.92 Å². The van der Waals surface area contributed by atoms with Gasteiger partial charge in [0.2, 0.25) is 11.8 Å². The van der Waals surface area contributed by atoms with Crippen LogP contribution in [-0.2, 0) is 9.59 Å². The molecule has 1 aromatic carbocycles. The van der Waals surface area contributed by atoms with Crippen LogP contribution in [0.5, 0.6) is 0 Å². The van der Waals surface area contributed by atoms with Gasteiger partial charge < -0.3 is 10.2 Å². The maximum atomic E-state index is 11.7. The summed E-state index contributed by atoms with van der Waals surface area (Å²) in [7, 11) is 0. The van der Waals surface area contributed by atoms with Crippen LogP contribution in [0.25, 0.3) is 0 Å². The van der Waals surface area contributed by atoms with Gasteiger partial charge in [-0.2, -0.15) is 0 Å². The molecule has 2 unspecified atom stereocenters. The Kier molecular flexibility index (Phi) is 5.00. The Morgan fingerprint density at radius 3 is 2.81 bits per heavy atom. The van der Waals surface area contributed by atoms with Gasteiger partial charge in [0.15, 0.2) is 0 Å². The number of carbonyl (C=O) groups is 2. The molecule has 114 valence electrons. The molecule has 0 saturated carbocycles. The molecular formula is C15H20BrN3O2. The number of nitrogens with one attached hydrogen (secondary N) is 2. The maximum absolute atomic E-state index is 11.7. The first kappa shape index (κ1) is 16.0. The molecule has 1 saturated heterocycles. The second kappa shape index (κ2) is 6.58. The second-order valence-corrected chi connectivity index (χ2v) is 6.06. The zero-order valence-electron chi connectivity index (χ0n) is 12.4. The largest absolute Gasteiger partial charge is 0.350 e. The second-order valence-electron chi connectivity index (χ2n) is 5.20. The van der Waals surface area contributed by atoms with Crippen LogP contribution in [0.3, 0.4) is 0 Å². The van der Waals surface area contributed by atoms with E-state index < -0.39 is 0 Å². The first-order valence-corrected chi connectivity index (χ1v) is 7.86. The summed E-state index contributed by atoms with van der Waals surface area (Å²) in [5, 5.41) is 5.71. The number of benzene rings is 1. The lowest BCUT2D eigenvalue weighted by Crippen LogP contribution is -2.57. The fraction of sp³-hybridized carbons (Fsp3) is 0.467. The molecule has 1 aromatic rings. The van der Waals surface area contributed by atoms with Crippen molar-refractivity contribution in [2.75, 3.05) is 18.0 Å². The first-order chi connectivity index (χ1) is 9.93. The van der Waals surface area contributed by atoms with Crippen molar-refractivity contribution in [1.29, 1.82) is 0 Å². The van der Waals surface area contributed by atoms with Crippen molar-refractivity contribution in [2.45, 2.75) is 32.9 Å². The zero-order chi connectivity index (χ0) is 15.6. The van der Waals surface area contributed by atoms with E-state index in [2.05, 4.69) is 40.4 Å². The fourth-order valence-corrected chi connectivity index (χ4v) is 3.20. The fourth-order valence-electron chi connectivity index (χ4n) is 2.49. The smallest absolute Gasteiger partial charge is 0.249 e. The molecule has 0 spiro atoms. The van der Waals surface area contributed by atoms with Crippen LogP contribution in [0.2, 0.25) is 0 Å². The van der Waals surface area contributed by atoms with E-state index in [1.807, 2.05) is 23.1 Å². The van der Waals surface area contributed by atoms with Crippen LogP contribution >= 0.6 is 15.9 Å². The summed E-state index contributed by atoms with van der Waals surface area (Å²) in [6.07, 6.45) is 0. The minimum Gasteiger partial charge on any atom is -0.350 e. The number of amides is 2. The highest BCUT2D eigenvalue weighted by molar-refractivity contribution is 9.10. The number of nitrogens with zero attached hydrogens (tertiary/aromatic N) is 1. The molecule has 1 fully saturated rings. The van der Waals surface area contributed by atoms with E-state index in [9.17, 15) is 9.59 Å². The first-order valence-electron chi connectivity index (χ1n) is 7.07. The predicted molar refractivity (Wildman–Crippen MR) is 86.2 cm³/mol. The third kappa shape index (κ3) is 3.44. The van der Waals surface area contributed by atoms with Gasteiger partial charge >= 0.3 is 0 Å². The molecule has 5 nitrogen and oxygen atoms in total. The number of carbonyl (C=O) groups excluding carboxylic acids is 2. The summed E-state index contributed by atoms with van der Waals surface area (Å²) in [5.41, 5.74) is 2.02. The minimum absolute atomic E-state index is 0.196. The van der Waals surface area contributed by atoms with Gasteiger partial charge in [-0.1, -0.05) is 28.9 Å². The van der Waals surface area contributed by atoms with Crippen LogP contribution in [0.15, 0.2) is 22.7 Å². The Bertz CT molecular complexity index is 562. The summed E-state index contributed by atoms with van der Waals surface area (Å²) in [6.45, 7) is 7.06. The quantitative estimate of drug-likeness (QED) is 0.812. The molecule has 2 atom stereocenters. The number of hydrogen-bond acceptors (Lipinski definition) is 4. The van der Waals surface area contributed by atoms with Crippen molar-refractivity contribution >= 4 is 33.4 Å². The SMILES string of the molecule is CCNC(C)c1ccc(N2CC(=O)NC(=O)C2C)cc1Br. The highest BCUT2D eigenvalue weighted by Crippen LogP contribution is 2.29. The van der Waals surface area contributed by atoms with Gasteiger partial charge in [-0.25, -0.2) is 0 Å². The van der Waals surface area contributed by atoms with Gasteiger partial charge in [-0.05, 0) is 38.1 Å². The van der Waals surface area contributed by atoms with Crippen molar-refractivity contribution in [2.24, 2.45) is 0 Å². The van der Waals surface area contributed by atoms with Gasteiger partial charge in [-0.3, -0.25) is 14.9 Å². The number of anilines is 1. The number of halogens is 1. The molecule has 6 heteroatoms. The number of piperazine rings is 1. The standard InChI is InChI=1S/C15H20BrN3O2/c1-4-17-9(2)12-6-5-11(7-13(12)16)19-8-14(20)18-15(21)10(19)3/h5-7,9-10,17H,4,8H2,1-3H3,(H,18,20,21). The van der Waals surface area contributed by atoms with Crippen LogP contribution in [-0.4, -0.2) is 30.9 Å². The average molecular weight is 354 g/mol. The lowest BCUT2D eigenvalue weighted by Gasteiger charge is -2.34. The lowest BCUT2D eigenvalue weighted by atomic mass is 10.1. The molecule has 0 aromatic heterocycles. The van der Waals surface area contributed by atoms with Gasteiger partial charge in [0.05, 0.1) is 6.54 Å². The summed E-state index contributed by atoms with van der Waals surface area (Å²) in [4.78, 5) is 25.1. The van der Waals surface area contributed by atoms with Crippen molar-refractivity contribution in [3.63, 3.8) is 0 Å². The Morgan fingerprint density at radius 1 is 1.48 bits per heavy atom. The summed E-state index contributed by atoms with van der Waals surface area (Å²) < 4.78 is 0.971. The van der Waals surface area contributed by atoms with Gasteiger partial charge in [0.25, 0.3) is 0 Å². The summed E-state index contributed by atoms with van der Waals surface area (Å²) >= 11 is 3.58. The van der Waals surface area contributed by atoms with E-state index in [-0.39, 0.29) is 30.4 Å². The Hall–Kier alpha value is -1.40. The van der Waals surface area contributed by atoms with Gasteiger partial charge in [0.1, 0.15) is 6.04 Å². The number of imide groups is 1. The van der Waals surface area contributed by atoms with Crippen molar-refractivity contribution in [3.8, 4) is 0 Å². The van der Waals surface area contributed by atoms with E-state index in [0.717, 1.165) is 22.3 Å². The Morgan fingerprint density at radius 2 is 2.19 bits per heavy atom. The maximum Gasteiger partial charge on any atom is 0.249 e. The van der Waals surface area contributed by atoms with Crippen LogP contribution in [0.1, 0.15) is 32.4 Å². The van der Waals surface area contributed by atoms with Crippen molar-refractivity contribution in [1.82, 2.24) is 10.6 Å². The van der Waals surface area contributed by atoms with Crippen molar-refractivity contribution < 1.29 is 9.59 Å². The molecule has 2 rings (SSSR count). The molecule has 0 bridgehead atoms. The minimum atomic E-state index is -0.355. The molecule has 2 amide bonds. The molecule has 0 radical (unpaired) electrons. The highest BCUT2D eigenvalue weighted by Gasteiger charge is 2.30. The van der Waals surface area contributed by atoms with Gasteiger partial charge in [0, 0.05) is 16.2 Å². The van der Waals surface area contributed by atoms with E-state index in [4.69, 9.17) is 0 Å². The molecule has 0 aliphatic carbocycles.